The molecule has 2 aliphatic carbocycles. The van der Waals surface area contributed by atoms with Crippen molar-refractivity contribution in [3.63, 3.8) is 0 Å². The lowest BCUT2D eigenvalue weighted by Crippen LogP contribution is -2.61. The Morgan fingerprint density at radius 3 is 2.26 bits per heavy atom. The van der Waals surface area contributed by atoms with Gasteiger partial charge in [-0.2, -0.15) is 0 Å². The molecule has 2 aromatic carbocycles. The smallest absolute Gasteiger partial charge is 0.227 e. The molecule has 50 heavy (non-hydrogen) atoms. The van der Waals surface area contributed by atoms with Crippen molar-refractivity contribution < 1.29 is 37.7 Å². The highest BCUT2D eigenvalue weighted by atomic mass is 28.4. The Hall–Kier alpha value is -2.50. The SMILES string of the molecule is COCO[C@H]1C(=O)C(=O)[C@H](C)[C@@H]([C@]2(OCc3ccccc3)CO[C@@H](c3ccccc3)O[C@H]2CCO[Si](C)(C)C(C)(C)C)/C=C2\CC[C@H]1C2(C)C. The second kappa shape index (κ2) is 15.6. The van der Waals surface area contributed by atoms with Gasteiger partial charge in [-0.15, -0.1) is 0 Å². The first-order valence-electron chi connectivity index (χ1n) is 18.2. The Morgan fingerprint density at radius 1 is 0.960 bits per heavy atom. The van der Waals surface area contributed by atoms with Crippen LogP contribution >= 0.6 is 0 Å². The molecule has 1 saturated carbocycles. The van der Waals surface area contributed by atoms with Gasteiger partial charge in [0.05, 0.1) is 19.3 Å². The second-order valence-corrected chi connectivity index (χ2v) is 21.2. The van der Waals surface area contributed by atoms with Gasteiger partial charge in [0.2, 0.25) is 11.6 Å². The summed E-state index contributed by atoms with van der Waals surface area (Å²) < 4.78 is 38.7. The van der Waals surface area contributed by atoms with Crippen molar-refractivity contribution in [3.05, 3.63) is 83.4 Å². The summed E-state index contributed by atoms with van der Waals surface area (Å²) in [7, 11) is -0.566. The number of ketones is 2. The number of benzene rings is 2. The van der Waals surface area contributed by atoms with Gasteiger partial charge >= 0.3 is 0 Å². The van der Waals surface area contributed by atoms with Crippen molar-refractivity contribution >= 4 is 19.9 Å². The van der Waals surface area contributed by atoms with E-state index >= 15 is 0 Å². The summed E-state index contributed by atoms with van der Waals surface area (Å²) in [5.74, 6) is -2.42. The molecule has 0 amide bonds. The maximum absolute atomic E-state index is 14.4. The third-order valence-electron chi connectivity index (χ3n) is 12.0. The van der Waals surface area contributed by atoms with E-state index in [0.29, 0.717) is 13.0 Å². The lowest BCUT2D eigenvalue weighted by atomic mass is 9.70. The Bertz CT molecular complexity index is 1480. The monoisotopic (exact) mass is 706 g/mol. The number of carbonyl (C=O) groups is 2. The molecule has 1 aliphatic heterocycles. The minimum Gasteiger partial charge on any atom is -0.417 e. The van der Waals surface area contributed by atoms with E-state index in [1.54, 1.807) is 0 Å². The minimum absolute atomic E-state index is 0.0343. The molecule has 0 N–H and O–H groups in total. The molecule has 1 saturated heterocycles. The zero-order valence-electron chi connectivity index (χ0n) is 31.5. The van der Waals surface area contributed by atoms with Crippen LogP contribution in [0.2, 0.25) is 18.1 Å². The molecule has 1 heterocycles. The molecular formula is C41H58O8Si. The van der Waals surface area contributed by atoms with Crippen LogP contribution in [0.5, 0.6) is 0 Å². The molecule has 2 fully saturated rings. The Labute approximate surface area is 300 Å². The predicted octanol–water partition coefficient (Wildman–Crippen LogP) is 8.22. The van der Waals surface area contributed by atoms with Crippen LogP contribution in [0.4, 0.5) is 0 Å². The molecule has 0 aromatic heterocycles. The van der Waals surface area contributed by atoms with Crippen LogP contribution in [0.1, 0.15) is 78.2 Å². The summed E-state index contributed by atoms with van der Waals surface area (Å²) in [5.41, 5.74) is 1.57. The van der Waals surface area contributed by atoms with Crippen molar-refractivity contribution in [2.45, 2.75) is 110 Å². The fourth-order valence-electron chi connectivity index (χ4n) is 7.70. The molecule has 0 unspecified atom stereocenters. The molecular weight excluding hydrogens is 649 g/mol. The van der Waals surface area contributed by atoms with Crippen LogP contribution in [0.15, 0.2) is 72.3 Å². The highest BCUT2D eigenvalue weighted by molar-refractivity contribution is 6.74. The highest BCUT2D eigenvalue weighted by Gasteiger charge is 2.58. The molecule has 2 aromatic rings. The fraction of sp³-hybridized carbons (Fsp3) is 0.610. The summed E-state index contributed by atoms with van der Waals surface area (Å²) in [5, 5.41) is 0.0343. The third kappa shape index (κ3) is 7.94. The first-order valence-corrected chi connectivity index (χ1v) is 21.1. The van der Waals surface area contributed by atoms with Crippen LogP contribution in [0.3, 0.4) is 0 Å². The number of Topliss-reactive ketones (excluding diaryl/α,β-unsaturated/α-hetero) is 2. The number of methoxy groups -OCH3 is 1. The average Bonchev–Trinajstić information content (AvgIpc) is 3.39. The molecule has 0 spiro atoms. The summed E-state index contributed by atoms with van der Waals surface area (Å²) in [6.07, 6.45) is 2.24. The van der Waals surface area contributed by atoms with Gasteiger partial charge in [-0.3, -0.25) is 9.59 Å². The molecule has 5 rings (SSSR count). The van der Waals surface area contributed by atoms with Crippen LogP contribution in [-0.2, 0) is 44.3 Å². The van der Waals surface area contributed by atoms with Gasteiger partial charge in [-0.1, -0.05) is 114 Å². The van der Waals surface area contributed by atoms with E-state index < -0.39 is 61.2 Å². The van der Waals surface area contributed by atoms with E-state index in [9.17, 15) is 9.59 Å². The highest BCUT2D eigenvalue weighted by Crippen LogP contribution is 2.53. The summed E-state index contributed by atoms with van der Waals surface area (Å²) in [4.78, 5) is 28.6. The van der Waals surface area contributed by atoms with Crippen LogP contribution < -0.4 is 0 Å². The van der Waals surface area contributed by atoms with Crippen molar-refractivity contribution in [2.24, 2.45) is 23.2 Å². The van der Waals surface area contributed by atoms with Crippen molar-refractivity contribution in [1.29, 1.82) is 0 Å². The quantitative estimate of drug-likeness (QED) is 0.0945. The van der Waals surface area contributed by atoms with Gasteiger partial charge in [-0.25, -0.2) is 0 Å². The molecule has 9 heteroatoms. The average molecular weight is 707 g/mol. The fourth-order valence-corrected chi connectivity index (χ4v) is 8.76. The van der Waals surface area contributed by atoms with E-state index in [2.05, 4.69) is 53.8 Å². The number of ether oxygens (including phenoxy) is 5. The van der Waals surface area contributed by atoms with E-state index in [-0.39, 0.29) is 31.0 Å². The number of allylic oxidation sites excluding steroid dienone is 1. The van der Waals surface area contributed by atoms with E-state index in [1.807, 2.05) is 67.6 Å². The Kier molecular flexibility index (Phi) is 12.1. The van der Waals surface area contributed by atoms with Crippen molar-refractivity contribution in [3.8, 4) is 0 Å². The lowest BCUT2D eigenvalue weighted by molar-refractivity contribution is -0.321. The van der Waals surface area contributed by atoms with Crippen molar-refractivity contribution in [1.82, 2.24) is 0 Å². The Balaban J connectivity index is 1.62. The Morgan fingerprint density at radius 2 is 1.62 bits per heavy atom. The van der Waals surface area contributed by atoms with Gasteiger partial charge in [0, 0.05) is 37.0 Å². The number of rotatable bonds is 12. The van der Waals surface area contributed by atoms with E-state index in [4.69, 9.17) is 28.1 Å². The molecule has 3 aliphatic rings. The van der Waals surface area contributed by atoms with E-state index in [0.717, 1.165) is 24.0 Å². The maximum Gasteiger partial charge on any atom is 0.227 e. The van der Waals surface area contributed by atoms with Crippen molar-refractivity contribution in [2.75, 3.05) is 27.1 Å². The van der Waals surface area contributed by atoms with E-state index in [1.165, 1.54) is 12.7 Å². The standard InChI is InChI=1S/C41H58O8Si/c1-28-33(24-31-20-21-32(40(31,5)6)37(46-27-44-7)36(43)35(28)42)41(47-25-29-16-12-10-13-17-29)26-45-38(30-18-14-11-15-19-30)49-34(41)22-23-48-50(8,9)39(2,3)4/h10-19,24,28,32-34,37-38H,20-23,25-27H2,1-9H3/b31-24+/t28-,32-,33+,34+,37-,38-,41-/m1/s1. The minimum atomic E-state index is -2.09. The number of hydrogen-bond donors (Lipinski definition) is 0. The zero-order valence-corrected chi connectivity index (χ0v) is 32.5. The van der Waals surface area contributed by atoms with Crippen LogP contribution in [-0.4, -0.2) is 64.8 Å². The normalized spacial score (nSPS) is 31.4. The van der Waals surface area contributed by atoms with Crippen LogP contribution in [0.25, 0.3) is 0 Å². The maximum atomic E-state index is 14.4. The third-order valence-corrected chi connectivity index (χ3v) is 16.5. The lowest BCUT2D eigenvalue weighted by Gasteiger charge is -2.51. The van der Waals surface area contributed by atoms with Gasteiger partial charge in [0.25, 0.3) is 0 Å². The summed E-state index contributed by atoms with van der Waals surface area (Å²) in [6.45, 7) is 18.2. The molecule has 0 radical (unpaired) electrons. The number of carbonyl (C=O) groups excluding carboxylic acids is 2. The molecule has 8 nitrogen and oxygen atoms in total. The van der Waals surface area contributed by atoms with Gasteiger partial charge in [-0.05, 0) is 48.4 Å². The summed E-state index contributed by atoms with van der Waals surface area (Å²) >= 11 is 0. The predicted molar refractivity (Wildman–Crippen MR) is 196 cm³/mol. The molecule has 7 atom stereocenters. The van der Waals surface area contributed by atoms with Gasteiger partial charge < -0.3 is 28.1 Å². The summed E-state index contributed by atoms with van der Waals surface area (Å²) in [6, 6.07) is 19.9. The second-order valence-electron chi connectivity index (χ2n) is 16.4. The largest absolute Gasteiger partial charge is 0.417 e. The van der Waals surface area contributed by atoms with Gasteiger partial charge in [0.15, 0.2) is 14.6 Å². The number of hydrogen-bond acceptors (Lipinski definition) is 8. The first-order chi connectivity index (χ1) is 23.6. The molecule has 274 valence electrons. The first kappa shape index (κ1) is 38.7. The van der Waals surface area contributed by atoms with Crippen LogP contribution in [0, 0.1) is 23.2 Å². The topological polar surface area (TPSA) is 89.5 Å². The zero-order chi connectivity index (χ0) is 36.3. The molecule has 2 bridgehead atoms. The number of fused-ring (bicyclic) bond motifs is 2. The van der Waals surface area contributed by atoms with Gasteiger partial charge in [0.1, 0.15) is 18.5 Å².